The minimum Gasteiger partial charge on any atom is -0.518 e. The fraction of sp³-hybridized carbons (Fsp3) is 0.929. The van der Waals surface area contributed by atoms with Crippen LogP contribution in [0.5, 0.6) is 0 Å². The van der Waals surface area contributed by atoms with Crippen LogP contribution < -0.4 is 0 Å². The standard InChI is InChI=1S/2C28H55.Ni/c2*1-3-5-7-9-11-13-15-17-19-21-23-25-27-28-26-24-22-20-18-16-14-12-10-8-6-4-2;/h2*1,3H,4-28H2,2H3;/q2*-1;+2. The summed E-state index contributed by atoms with van der Waals surface area (Å²) in [6, 6.07) is 0. The molecule has 0 bridgehead atoms. The van der Waals surface area contributed by atoms with Crippen molar-refractivity contribution in [2.75, 3.05) is 0 Å². The van der Waals surface area contributed by atoms with E-state index in [1.54, 1.807) is 12.2 Å². The van der Waals surface area contributed by atoms with Crippen molar-refractivity contribution in [1.29, 1.82) is 0 Å². The Kier molecular flexibility index (Phi) is 67.3. The Bertz CT molecular complexity index is 598. The van der Waals surface area contributed by atoms with E-state index in [9.17, 15) is 0 Å². The Balaban J connectivity index is -0.00000101. The van der Waals surface area contributed by atoms with Crippen LogP contribution in [0.3, 0.4) is 0 Å². The first-order chi connectivity index (χ1) is 27.8. The van der Waals surface area contributed by atoms with E-state index in [-0.39, 0.29) is 16.5 Å². The average Bonchev–Trinajstić information content (AvgIpc) is 3.21. The quantitative estimate of drug-likeness (QED) is 0.0325. The van der Waals surface area contributed by atoms with Crippen LogP contribution in [0, 0.1) is 13.2 Å². The van der Waals surface area contributed by atoms with Gasteiger partial charge in [0.15, 0.2) is 0 Å². The van der Waals surface area contributed by atoms with Crippen LogP contribution in [0.4, 0.5) is 0 Å². The Morgan fingerprint density at radius 1 is 0.193 bits per heavy atom. The van der Waals surface area contributed by atoms with Gasteiger partial charge in [-0.3, -0.25) is 12.2 Å². The van der Waals surface area contributed by atoms with Crippen LogP contribution in [-0.4, -0.2) is 0 Å². The summed E-state index contributed by atoms with van der Waals surface area (Å²) >= 11 is 0. The van der Waals surface area contributed by atoms with Crippen LogP contribution >= 0.6 is 0 Å². The largest absolute Gasteiger partial charge is 2.00 e. The number of rotatable bonds is 50. The number of allylic oxidation sites excluding steroid dienone is 2. The first kappa shape index (κ1) is 61.3. The molecule has 344 valence electrons. The molecule has 0 aromatic rings. The van der Waals surface area contributed by atoms with Crippen molar-refractivity contribution < 1.29 is 16.5 Å². The van der Waals surface area contributed by atoms with Gasteiger partial charge in [-0.15, -0.1) is 0 Å². The average molecular weight is 842 g/mol. The monoisotopic (exact) mass is 841 g/mol. The molecular formula is C56H110Ni. The van der Waals surface area contributed by atoms with Gasteiger partial charge in [-0.1, -0.05) is 335 Å². The van der Waals surface area contributed by atoms with Crippen LogP contribution in [0.25, 0.3) is 0 Å². The van der Waals surface area contributed by atoms with Gasteiger partial charge >= 0.3 is 16.5 Å². The molecule has 1 heteroatoms. The van der Waals surface area contributed by atoms with Crippen LogP contribution in [-0.2, 0) is 16.5 Å². The van der Waals surface area contributed by atoms with Gasteiger partial charge in [0.25, 0.3) is 0 Å². The SMILES string of the molecule is [CH-]=CCCCCCCCCCCCCCCCCCCCCCCCCCC.[CH-]=CCCCCCCCCCCCCCCCCCCCCCCCCCC.[Ni+2]. The van der Waals surface area contributed by atoms with Gasteiger partial charge in [-0.25, -0.2) is 0 Å². The summed E-state index contributed by atoms with van der Waals surface area (Å²) in [7, 11) is 0. The van der Waals surface area contributed by atoms with Gasteiger partial charge in [0.1, 0.15) is 0 Å². The molecule has 0 fully saturated rings. The Hall–Kier alpha value is -0.0265. The van der Waals surface area contributed by atoms with Crippen molar-refractivity contribution in [2.24, 2.45) is 0 Å². The van der Waals surface area contributed by atoms with Crippen LogP contribution in [0.15, 0.2) is 12.2 Å². The molecule has 0 spiro atoms. The van der Waals surface area contributed by atoms with E-state index in [1.807, 2.05) is 0 Å². The predicted octanol–water partition coefficient (Wildman–Crippen LogP) is 21.5. The first-order valence-electron chi connectivity index (χ1n) is 26.9. The molecule has 0 N–H and O–H groups in total. The summed E-state index contributed by atoms with van der Waals surface area (Å²) < 4.78 is 0. The van der Waals surface area contributed by atoms with Crippen LogP contribution in [0.1, 0.15) is 335 Å². The molecule has 0 atom stereocenters. The molecule has 0 saturated heterocycles. The normalized spacial score (nSPS) is 11.0. The van der Waals surface area contributed by atoms with Crippen molar-refractivity contribution in [3.63, 3.8) is 0 Å². The Morgan fingerprint density at radius 3 is 0.404 bits per heavy atom. The second kappa shape index (κ2) is 62.6. The Morgan fingerprint density at radius 2 is 0.298 bits per heavy atom. The smallest absolute Gasteiger partial charge is 0.518 e. The van der Waals surface area contributed by atoms with Gasteiger partial charge in [0.05, 0.1) is 0 Å². The van der Waals surface area contributed by atoms with E-state index in [2.05, 4.69) is 13.8 Å². The maximum atomic E-state index is 5.40. The third-order valence-electron chi connectivity index (χ3n) is 12.4. The molecule has 0 amide bonds. The first-order valence-corrected chi connectivity index (χ1v) is 26.9. The molecule has 0 aliphatic heterocycles. The second-order valence-electron chi connectivity index (χ2n) is 18.3. The van der Waals surface area contributed by atoms with Gasteiger partial charge < -0.3 is 13.2 Å². The Labute approximate surface area is 374 Å². The fourth-order valence-electron chi connectivity index (χ4n) is 8.45. The number of hydrogen-bond donors (Lipinski definition) is 0. The third kappa shape index (κ3) is 65.3. The van der Waals surface area contributed by atoms with E-state index in [0.29, 0.717) is 0 Å². The van der Waals surface area contributed by atoms with Crippen LogP contribution in [0.2, 0.25) is 0 Å². The van der Waals surface area contributed by atoms with Gasteiger partial charge in [0, 0.05) is 0 Å². The van der Waals surface area contributed by atoms with Crippen molar-refractivity contribution in [3.8, 4) is 0 Å². The minimum atomic E-state index is 0. The van der Waals surface area contributed by atoms with Gasteiger partial charge in [-0.05, 0) is 0 Å². The molecule has 0 nitrogen and oxygen atoms in total. The zero-order valence-corrected chi connectivity index (χ0v) is 41.0. The summed E-state index contributed by atoms with van der Waals surface area (Å²) in [6.45, 7) is 15.4. The molecule has 0 heterocycles. The molecule has 0 aromatic carbocycles. The molecule has 0 saturated carbocycles. The van der Waals surface area contributed by atoms with Gasteiger partial charge in [0.2, 0.25) is 0 Å². The van der Waals surface area contributed by atoms with Crippen molar-refractivity contribution in [2.45, 2.75) is 335 Å². The van der Waals surface area contributed by atoms with E-state index < -0.39 is 0 Å². The number of hydrogen-bond acceptors (Lipinski definition) is 0. The summed E-state index contributed by atoms with van der Waals surface area (Å²) in [6.07, 6.45) is 75.6. The van der Waals surface area contributed by atoms with E-state index in [4.69, 9.17) is 13.2 Å². The van der Waals surface area contributed by atoms with Crippen molar-refractivity contribution in [3.05, 3.63) is 25.3 Å². The second-order valence-corrected chi connectivity index (χ2v) is 18.3. The number of unbranched alkanes of at least 4 members (excludes halogenated alkanes) is 48. The summed E-state index contributed by atoms with van der Waals surface area (Å²) in [4.78, 5) is 0. The molecular weight excluding hydrogens is 731 g/mol. The van der Waals surface area contributed by atoms with Crippen molar-refractivity contribution in [1.82, 2.24) is 0 Å². The predicted molar refractivity (Wildman–Crippen MR) is 260 cm³/mol. The summed E-state index contributed by atoms with van der Waals surface area (Å²) in [5.41, 5.74) is 0. The summed E-state index contributed by atoms with van der Waals surface area (Å²) in [5.74, 6) is 0. The molecule has 0 radical (unpaired) electrons. The maximum Gasteiger partial charge on any atom is 2.00 e. The zero-order valence-electron chi connectivity index (χ0n) is 40.0. The fourth-order valence-corrected chi connectivity index (χ4v) is 8.45. The molecule has 0 unspecified atom stereocenters. The van der Waals surface area contributed by atoms with E-state index in [0.717, 1.165) is 12.8 Å². The van der Waals surface area contributed by atoms with E-state index >= 15 is 0 Å². The van der Waals surface area contributed by atoms with Crippen molar-refractivity contribution >= 4 is 0 Å². The molecule has 0 aliphatic carbocycles. The van der Waals surface area contributed by atoms with Gasteiger partial charge in [-0.2, -0.15) is 0 Å². The summed E-state index contributed by atoms with van der Waals surface area (Å²) in [5, 5.41) is 0. The molecule has 0 aliphatic rings. The zero-order chi connectivity index (χ0) is 40.8. The van der Waals surface area contributed by atoms with E-state index in [1.165, 1.54) is 308 Å². The maximum absolute atomic E-state index is 5.40. The molecule has 0 rings (SSSR count). The topological polar surface area (TPSA) is 0 Å². The molecule has 0 aromatic heterocycles. The third-order valence-corrected chi connectivity index (χ3v) is 12.4. The minimum absolute atomic E-state index is 0. The molecule has 57 heavy (non-hydrogen) atoms.